The summed E-state index contributed by atoms with van der Waals surface area (Å²) in [4.78, 5) is 6.80. The normalized spacial score (nSPS) is 22.3. The molecule has 0 saturated carbocycles. The maximum atomic E-state index is 10.4. The van der Waals surface area contributed by atoms with Crippen LogP contribution in [0.1, 0.15) is 39.0 Å². The van der Waals surface area contributed by atoms with Gasteiger partial charge in [0.15, 0.2) is 5.96 Å². The van der Waals surface area contributed by atoms with Gasteiger partial charge in [-0.1, -0.05) is 12.5 Å². The molecule has 2 N–H and O–H groups in total. The Hall–Kier alpha value is -0.680. The van der Waals surface area contributed by atoms with Crippen LogP contribution >= 0.6 is 11.8 Å². The second-order valence-corrected chi connectivity index (χ2v) is 6.86. The lowest BCUT2D eigenvalue weighted by atomic mass is 10.0. The molecule has 0 amide bonds. The lowest BCUT2D eigenvalue weighted by molar-refractivity contribution is 0.0776. The molecule has 0 aromatic rings. The van der Waals surface area contributed by atoms with Crippen LogP contribution in [-0.2, 0) is 0 Å². The highest BCUT2D eigenvalue weighted by Gasteiger charge is 2.31. The largest absolute Gasteiger partial charge is 0.387 e. The first kappa shape index (κ1) is 18.4. The number of unbranched alkanes of at least 4 members (excludes halogenated alkanes) is 3. The van der Waals surface area contributed by atoms with Gasteiger partial charge < -0.3 is 15.3 Å². The van der Waals surface area contributed by atoms with E-state index < -0.39 is 5.60 Å². The maximum absolute atomic E-state index is 10.4. The number of nitrogens with one attached hydrogen (secondary N) is 1. The molecule has 0 spiro atoms. The van der Waals surface area contributed by atoms with Crippen LogP contribution in [0.3, 0.4) is 0 Å². The molecule has 1 heterocycles. The van der Waals surface area contributed by atoms with Gasteiger partial charge >= 0.3 is 0 Å². The smallest absolute Gasteiger partial charge is 0.193 e. The molecule has 1 unspecified atom stereocenters. The van der Waals surface area contributed by atoms with E-state index in [0.29, 0.717) is 6.54 Å². The van der Waals surface area contributed by atoms with Gasteiger partial charge in [0.25, 0.3) is 0 Å². The fourth-order valence-electron chi connectivity index (χ4n) is 2.33. The predicted octanol–water partition coefficient (Wildman–Crippen LogP) is 2.50. The molecule has 1 fully saturated rings. The van der Waals surface area contributed by atoms with Crippen molar-refractivity contribution in [2.45, 2.75) is 44.6 Å². The first-order valence-corrected chi connectivity index (χ1v) is 9.17. The summed E-state index contributed by atoms with van der Waals surface area (Å²) in [6, 6.07) is 0. The van der Waals surface area contributed by atoms with E-state index in [9.17, 15) is 5.11 Å². The van der Waals surface area contributed by atoms with Gasteiger partial charge in [-0.2, -0.15) is 11.8 Å². The molecule has 0 bridgehead atoms. The average Bonchev–Trinajstić information content (AvgIpc) is 2.90. The summed E-state index contributed by atoms with van der Waals surface area (Å²) in [6.07, 6.45) is 7.52. The van der Waals surface area contributed by atoms with Crippen molar-refractivity contribution in [2.75, 3.05) is 38.2 Å². The first-order valence-electron chi connectivity index (χ1n) is 8.02. The molecule has 1 rings (SSSR count). The fraction of sp³-hybridized carbons (Fsp3) is 0.812. The van der Waals surface area contributed by atoms with Crippen LogP contribution in [0.15, 0.2) is 17.6 Å². The van der Waals surface area contributed by atoms with Crippen LogP contribution in [-0.4, -0.2) is 59.8 Å². The van der Waals surface area contributed by atoms with Crippen molar-refractivity contribution in [3.63, 3.8) is 0 Å². The van der Waals surface area contributed by atoms with Gasteiger partial charge in [-0.25, -0.2) is 0 Å². The van der Waals surface area contributed by atoms with Gasteiger partial charge in [-0.05, 0) is 38.4 Å². The topological polar surface area (TPSA) is 47.9 Å². The Morgan fingerprint density at radius 1 is 1.48 bits per heavy atom. The highest BCUT2D eigenvalue weighted by molar-refractivity contribution is 7.99. The Morgan fingerprint density at radius 3 is 2.90 bits per heavy atom. The quantitative estimate of drug-likeness (QED) is 0.297. The van der Waals surface area contributed by atoms with Gasteiger partial charge in [0.1, 0.15) is 0 Å². The van der Waals surface area contributed by atoms with Crippen molar-refractivity contribution in [1.29, 1.82) is 0 Å². The number of aliphatic hydroxyl groups is 1. The summed E-state index contributed by atoms with van der Waals surface area (Å²) in [5.74, 6) is 2.76. The molecule has 122 valence electrons. The van der Waals surface area contributed by atoms with E-state index in [1.165, 1.54) is 12.8 Å². The monoisotopic (exact) mass is 313 g/mol. The molecule has 1 aliphatic heterocycles. The minimum atomic E-state index is -0.601. The van der Waals surface area contributed by atoms with Crippen LogP contribution in [0, 0.1) is 0 Å². The predicted molar refractivity (Wildman–Crippen MR) is 94.2 cm³/mol. The van der Waals surface area contributed by atoms with E-state index in [0.717, 1.165) is 49.8 Å². The zero-order chi connectivity index (χ0) is 15.6. The number of nitrogens with zero attached hydrogens (tertiary/aromatic N) is 2. The van der Waals surface area contributed by atoms with Crippen molar-refractivity contribution in [1.82, 2.24) is 10.2 Å². The zero-order valence-electron chi connectivity index (χ0n) is 13.6. The summed E-state index contributed by atoms with van der Waals surface area (Å²) in [7, 11) is 2.07. The molecular weight excluding hydrogens is 282 g/mol. The molecule has 5 heteroatoms. The van der Waals surface area contributed by atoms with Crippen LogP contribution in [0.5, 0.6) is 0 Å². The van der Waals surface area contributed by atoms with Crippen molar-refractivity contribution in [2.24, 2.45) is 4.99 Å². The maximum Gasteiger partial charge on any atom is 0.193 e. The van der Waals surface area contributed by atoms with Crippen molar-refractivity contribution >= 4 is 17.7 Å². The van der Waals surface area contributed by atoms with Gasteiger partial charge in [0, 0.05) is 25.9 Å². The molecule has 0 aromatic carbocycles. The van der Waals surface area contributed by atoms with E-state index in [2.05, 4.69) is 35.8 Å². The third-order valence-corrected chi connectivity index (χ3v) is 4.94. The molecule has 0 aromatic heterocycles. The molecule has 1 aliphatic rings. The lowest BCUT2D eigenvalue weighted by Crippen LogP contribution is -2.41. The Bertz CT molecular complexity index is 327. The summed E-state index contributed by atoms with van der Waals surface area (Å²) < 4.78 is 0. The van der Waals surface area contributed by atoms with Crippen LogP contribution < -0.4 is 5.32 Å². The number of thioether (sulfide) groups is 1. The molecule has 0 aliphatic carbocycles. The third-order valence-electron chi connectivity index (χ3n) is 3.70. The Labute approximate surface area is 134 Å². The second kappa shape index (κ2) is 10.1. The van der Waals surface area contributed by atoms with Gasteiger partial charge in [-0.3, -0.25) is 4.99 Å². The number of hydrogen-bond acceptors (Lipinski definition) is 3. The summed E-state index contributed by atoms with van der Waals surface area (Å²) in [6.45, 7) is 8.18. The summed E-state index contributed by atoms with van der Waals surface area (Å²) in [5.41, 5.74) is -0.601. The molecule has 1 saturated heterocycles. The second-order valence-electron chi connectivity index (χ2n) is 5.76. The highest BCUT2D eigenvalue weighted by Crippen LogP contribution is 2.27. The number of aliphatic imine (C=N–C) groups is 1. The lowest BCUT2D eigenvalue weighted by Gasteiger charge is -2.24. The molecular formula is C16H31N3OS. The zero-order valence-corrected chi connectivity index (χ0v) is 14.4. The molecule has 0 radical (unpaired) electrons. The number of guanidine groups is 1. The molecule has 4 nitrogen and oxygen atoms in total. The van der Waals surface area contributed by atoms with E-state index in [1.54, 1.807) is 0 Å². The third kappa shape index (κ3) is 7.23. The Morgan fingerprint density at radius 2 is 2.29 bits per heavy atom. The molecule has 21 heavy (non-hydrogen) atoms. The number of allylic oxidation sites excluding steroid dienone is 1. The van der Waals surface area contributed by atoms with Gasteiger partial charge in [0.2, 0.25) is 0 Å². The first-order chi connectivity index (χ1) is 10.1. The van der Waals surface area contributed by atoms with Gasteiger partial charge in [-0.15, -0.1) is 6.58 Å². The number of rotatable bonds is 9. The van der Waals surface area contributed by atoms with Crippen LogP contribution in [0.4, 0.5) is 0 Å². The van der Waals surface area contributed by atoms with Gasteiger partial charge in [0.05, 0.1) is 12.1 Å². The Kier molecular flexibility index (Phi) is 8.85. The van der Waals surface area contributed by atoms with Crippen molar-refractivity contribution in [3.8, 4) is 0 Å². The minimum absolute atomic E-state index is 0.503. The minimum Gasteiger partial charge on any atom is -0.387 e. The van der Waals surface area contributed by atoms with Crippen LogP contribution in [0.2, 0.25) is 0 Å². The SMILES string of the molecule is C=CCCCCCN(C)C(=NCC1(O)CCSC1)NCC. The average molecular weight is 314 g/mol. The van der Waals surface area contributed by atoms with E-state index in [-0.39, 0.29) is 0 Å². The summed E-state index contributed by atoms with van der Waals surface area (Å²) in [5, 5.41) is 13.7. The standard InChI is InChI=1S/C16H31N3OS/c1-4-6-7-8-9-11-19(3)15(17-5-2)18-13-16(20)10-12-21-14-16/h4,20H,1,5-14H2,2-3H3,(H,17,18). The highest BCUT2D eigenvalue weighted by atomic mass is 32.2. The van der Waals surface area contributed by atoms with E-state index >= 15 is 0 Å². The van der Waals surface area contributed by atoms with Crippen molar-refractivity contribution in [3.05, 3.63) is 12.7 Å². The Balaban J connectivity index is 2.40. The van der Waals surface area contributed by atoms with Crippen molar-refractivity contribution < 1.29 is 5.11 Å². The molecule has 1 atom stereocenters. The van der Waals surface area contributed by atoms with E-state index in [1.807, 2.05) is 17.8 Å². The van der Waals surface area contributed by atoms with E-state index in [4.69, 9.17) is 0 Å². The summed E-state index contributed by atoms with van der Waals surface area (Å²) >= 11 is 1.81. The number of hydrogen-bond donors (Lipinski definition) is 2. The fourth-order valence-corrected chi connectivity index (χ4v) is 3.62. The van der Waals surface area contributed by atoms with Crippen LogP contribution in [0.25, 0.3) is 0 Å².